The summed E-state index contributed by atoms with van der Waals surface area (Å²) in [6.07, 6.45) is 7.36. The third kappa shape index (κ3) is 3.45. The second-order valence-electron chi connectivity index (χ2n) is 5.62. The lowest BCUT2D eigenvalue weighted by molar-refractivity contribution is 0.410. The second kappa shape index (κ2) is 6.46. The Bertz CT molecular complexity index is 654. The molecule has 0 bridgehead atoms. The van der Waals surface area contributed by atoms with Gasteiger partial charge in [-0.1, -0.05) is 11.6 Å². The van der Waals surface area contributed by atoms with Gasteiger partial charge >= 0.3 is 0 Å². The summed E-state index contributed by atoms with van der Waals surface area (Å²) >= 11 is 6.21. The maximum atomic E-state index is 6.21. The monoisotopic (exact) mass is 318 g/mol. The molecule has 0 spiro atoms. The van der Waals surface area contributed by atoms with E-state index in [9.17, 15) is 0 Å². The topological polar surface area (TPSA) is 103 Å². The van der Waals surface area contributed by atoms with Gasteiger partial charge in [-0.3, -0.25) is 0 Å². The fourth-order valence-electron chi connectivity index (χ4n) is 2.68. The van der Waals surface area contributed by atoms with Crippen molar-refractivity contribution in [2.45, 2.75) is 37.8 Å². The molecule has 1 aliphatic carbocycles. The quantitative estimate of drug-likeness (QED) is 0.803. The molecule has 1 aliphatic rings. The Hall–Kier alpha value is -1.92. The van der Waals surface area contributed by atoms with E-state index in [0.29, 0.717) is 34.6 Å². The minimum absolute atomic E-state index is 0.319. The van der Waals surface area contributed by atoms with E-state index in [1.54, 1.807) is 18.5 Å². The number of nitrogens with two attached hydrogens (primary N) is 2. The third-order valence-electron chi connectivity index (χ3n) is 3.90. The van der Waals surface area contributed by atoms with Crippen molar-refractivity contribution in [1.82, 2.24) is 15.0 Å². The summed E-state index contributed by atoms with van der Waals surface area (Å²) in [5.74, 6) is 1.01. The van der Waals surface area contributed by atoms with Crippen LogP contribution in [0.1, 0.15) is 25.7 Å². The highest BCUT2D eigenvalue weighted by Gasteiger charge is 2.19. The van der Waals surface area contributed by atoms with Crippen molar-refractivity contribution in [1.29, 1.82) is 0 Å². The number of hydrogen-bond donors (Lipinski definition) is 3. The molecule has 0 aromatic carbocycles. The number of nitrogens with zero attached hydrogens (tertiary/aromatic N) is 3. The summed E-state index contributed by atoms with van der Waals surface area (Å²) < 4.78 is 0. The van der Waals surface area contributed by atoms with E-state index in [4.69, 9.17) is 23.1 Å². The summed E-state index contributed by atoms with van der Waals surface area (Å²) in [5.41, 5.74) is 13.1. The first-order chi connectivity index (χ1) is 10.6. The van der Waals surface area contributed by atoms with Gasteiger partial charge in [-0.25, -0.2) is 15.0 Å². The molecule has 0 unspecified atom stereocenters. The van der Waals surface area contributed by atoms with E-state index in [2.05, 4.69) is 20.3 Å². The Labute approximate surface area is 134 Å². The van der Waals surface area contributed by atoms with E-state index in [-0.39, 0.29) is 0 Å². The zero-order valence-corrected chi connectivity index (χ0v) is 12.9. The van der Waals surface area contributed by atoms with Crippen molar-refractivity contribution in [3.8, 4) is 11.3 Å². The van der Waals surface area contributed by atoms with Crippen molar-refractivity contribution in [3.63, 3.8) is 0 Å². The molecule has 1 saturated carbocycles. The molecule has 22 heavy (non-hydrogen) atoms. The first kappa shape index (κ1) is 15.0. The molecule has 0 radical (unpaired) electrons. The van der Waals surface area contributed by atoms with Gasteiger partial charge in [0.25, 0.3) is 0 Å². The first-order valence-electron chi connectivity index (χ1n) is 7.38. The zero-order chi connectivity index (χ0) is 15.5. The molecule has 3 rings (SSSR count). The summed E-state index contributed by atoms with van der Waals surface area (Å²) in [6.45, 7) is 0. The van der Waals surface area contributed by atoms with Crippen LogP contribution in [-0.2, 0) is 0 Å². The number of nitrogens with one attached hydrogen (secondary N) is 1. The lowest BCUT2D eigenvalue weighted by Crippen LogP contribution is -2.33. The van der Waals surface area contributed by atoms with Crippen LogP contribution < -0.4 is 16.8 Å². The van der Waals surface area contributed by atoms with Gasteiger partial charge in [-0.15, -0.1) is 0 Å². The minimum atomic E-state index is 0.319. The third-order valence-corrected chi connectivity index (χ3v) is 4.18. The van der Waals surface area contributed by atoms with Crippen LogP contribution in [0.4, 0.5) is 11.8 Å². The summed E-state index contributed by atoms with van der Waals surface area (Å²) in [6, 6.07) is 4.25. The van der Waals surface area contributed by atoms with Gasteiger partial charge < -0.3 is 16.8 Å². The van der Waals surface area contributed by atoms with E-state index in [1.165, 1.54) is 0 Å². The van der Waals surface area contributed by atoms with Crippen molar-refractivity contribution in [2.24, 2.45) is 5.73 Å². The Morgan fingerprint density at radius 1 is 1.18 bits per heavy atom. The normalized spacial score (nSPS) is 21.5. The van der Waals surface area contributed by atoms with Crippen molar-refractivity contribution in [2.75, 3.05) is 11.1 Å². The standard InChI is InChI=1S/C15H19ClN6/c16-12-8-20-15(21-11-3-1-10(17)2-4-11)22-14(12)9-5-6-19-13(18)7-9/h5-8,10-11H,1-4,17H2,(H2,18,19)(H,20,21,22). The second-order valence-corrected chi connectivity index (χ2v) is 6.02. The SMILES string of the molecule is Nc1cc(-c2nc(NC3CCC(N)CC3)ncc2Cl)ccn1. The minimum Gasteiger partial charge on any atom is -0.384 e. The van der Waals surface area contributed by atoms with Gasteiger partial charge in [0, 0.05) is 23.8 Å². The highest BCUT2D eigenvalue weighted by Crippen LogP contribution is 2.27. The summed E-state index contributed by atoms with van der Waals surface area (Å²) in [7, 11) is 0. The number of hydrogen-bond acceptors (Lipinski definition) is 6. The Morgan fingerprint density at radius 3 is 2.68 bits per heavy atom. The Balaban J connectivity index is 1.81. The number of halogens is 1. The van der Waals surface area contributed by atoms with Gasteiger partial charge in [-0.05, 0) is 37.8 Å². The van der Waals surface area contributed by atoms with E-state index in [0.717, 1.165) is 31.2 Å². The Morgan fingerprint density at radius 2 is 1.95 bits per heavy atom. The van der Waals surface area contributed by atoms with Crippen LogP contribution in [0.15, 0.2) is 24.5 Å². The summed E-state index contributed by atoms with van der Waals surface area (Å²) in [5, 5.41) is 3.86. The number of rotatable bonds is 3. The maximum Gasteiger partial charge on any atom is 0.223 e. The largest absolute Gasteiger partial charge is 0.384 e. The predicted molar refractivity (Wildman–Crippen MR) is 88.5 cm³/mol. The molecule has 2 aromatic rings. The van der Waals surface area contributed by atoms with Gasteiger partial charge in [0.2, 0.25) is 5.95 Å². The Kier molecular flexibility index (Phi) is 4.40. The van der Waals surface area contributed by atoms with E-state index >= 15 is 0 Å². The molecule has 0 amide bonds. The molecule has 1 fully saturated rings. The van der Waals surface area contributed by atoms with Crippen molar-refractivity contribution < 1.29 is 0 Å². The molecule has 116 valence electrons. The molecule has 0 saturated heterocycles. The molecule has 7 heteroatoms. The van der Waals surface area contributed by atoms with Gasteiger partial charge in [0.05, 0.1) is 16.9 Å². The molecule has 2 aromatic heterocycles. The molecular formula is C15H19ClN6. The molecule has 2 heterocycles. The number of pyridine rings is 1. The number of aromatic nitrogens is 3. The van der Waals surface area contributed by atoms with E-state index in [1.807, 2.05) is 6.07 Å². The van der Waals surface area contributed by atoms with Gasteiger partial charge in [-0.2, -0.15) is 0 Å². The average Bonchev–Trinajstić information content (AvgIpc) is 2.51. The van der Waals surface area contributed by atoms with Crippen LogP contribution in [0, 0.1) is 0 Å². The molecule has 0 atom stereocenters. The van der Waals surface area contributed by atoms with Crippen LogP contribution in [0.3, 0.4) is 0 Å². The highest BCUT2D eigenvalue weighted by molar-refractivity contribution is 6.32. The van der Waals surface area contributed by atoms with Crippen LogP contribution >= 0.6 is 11.6 Å². The average molecular weight is 319 g/mol. The van der Waals surface area contributed by atoms with Gasteiger partial charge in [0.15, 0.2) is 0 Å². The predicted octanol–water partition coefficient (Wildman–Crippen LogP) is 2.46. The molecule has 6 nitrogen and oxygen atoms in total. The highest BCUT2D eigenvalue weighted by atomic mass is 35.5. The van der Waals surface area contributed by atoms with Gasteiger partial charge in [0.1, 0.15) is 5.82 Å². The lowest BCUT2D eigenvalue weighted by Gasteiger charge is -2.26. The molecule has 5 N–H and O–H groups in total. The smallest absolute Gasteiger partial charge is 0.223 e. The summed E-state index contributed by atoms with van der Waals surface area (Å²) in [4.78, 5) is 12.8. The van der Waals surface area contributed by atoms with Crippen LogP contribution in [0.2, 0.25) is 5.02 Å². The lowest BCUT2D eigenvalue weighted by atomic mass is 9.92. The van der Waals surface area contributed by atoms with Crippen molar-refractivity contribution in [3.05, 3.63) is 29.5 Å². The van der Waals surface area contributed by atoms with Crippen LogP contribution in [-0.4, -0.2) is 27.0 Å². The maximum absolute atomic E-state index is 6.21. The number of anilines is 2. The number of nitrogen functional groups attached to an aromatic ring is 1. The molecule has 0 aliphatic heterocycles. The fraction of sp³-hybridized carbons (Fsp3) is 0.400. The van der Waals surface area contributed by atoms with Crippen LogP contribution in [0.5, 0.6) is 0 Å². The zero-order valence-electron chi connectivity index (χ0n) is 12.2. The first-order valence-corrected chi connectivity index (χ1v) is 7.76. The van der Waals surface area contributed by atoms with Crippen molar-refractivity contribution >= 4 is 23.4 Å². The van der Waals surface area contributed by atoms with Crippen LogP contribution in [0.25, 0.3) is 11.3 Å². The fourth-order valence-corrected chi connectivity index (χ4v) is 2.88. The van der Waals surface area contributed by atoms with E-state index < -0.39 is 0 Å². The molecular weight excluding hydrogens is 300 g/mol.